The van der Waals surface area contributed by atoms with Gasteiger partial charge in [-0.25, -0.2) is 0 Å². The van der Waals surface area contributed by atoms with Crippen LogP contribution in [0, 0.1) is 0 Å². The number of nitrogens with zero attached hydrogens (tertiary/aromatic N) is 4. The molecule has 5 nitrogen and oxygen atoms in total. The first-order valence-electron chi connectivity index (χ1n) is 6.44. The average Bonchev–Trinajstić information content (AvgIpc) is 2.97. The minimum absolute atomic E-state index is 0.0107. The molecule has 2 N–H and O–H groups in total. The Hall–Kier alpha value is -2.69. The zero-order valence-electron chi connectivity index (χ0n) is 11.1. The van der Waals surface area contributed by atoms with E-state index < -0.39 is 0 Å². The third-order valence-electron chi connectivity index (χ3n) is 3.20. The molecule has 0 aliphatic heterocycles. The maximum atomic E-state index is 5.81. The third kappa shape index (κ3) is 2.38. The quantitative estimate of drug-likeness (QED) is 0.739. The second-order valence-corrected chi connectivity index (χ2v) is 4.65. The predicted molar refractivity (Wildman–Crippen MR) is 77.9 cm³/mol. The predicted octanol–water partition coefficient (Wildman–Crippen LogP) is 2.53. The van der Waals surface area contributed by atoms with Crippen molar-refractivity contribution in [3.05, 3.63) is 60.2 Å². The van der Waals surface area contributed by atoms with Crippen LogP contribution in [-0.2, 0) is 0 Å². The minimum atomic E-state index is -0.0107. The fourth-order valence-electron chi connectivity index (χ4n) is 2.04. The summed E-state index contributed by atoms with van der Waals surface area (Å²) in [5.74, 6) is 0.626. The van der Waals surface area contributed by atoms with Gasteiger partial charge in [0, 0.05) is 11.3 Å². The molecule has 1 unspecified atom stereocenters. The molecule has 20 heavy (non-hydrogen) atoms. The summed E-state index contributed by atoms with van der Waals surface area (Å²) in [4.78, 5) is 1.61. The Kier molecular flexibility index (Phi) is 3.16. The lowest BCUT2D eigenvalue weighted by Gasteiger charge is -2.10. The van der Waals surface area contributed by atoms with Gasteiger partial charge in [0.1, 0.15) is 0 Å². The highest BCUT2D eigenvalue weighted by atomic mass is 15.6. The van der Waals surface area contributed by atoms with Gasteiger partial charge in [-0.05, 0) is 29.8 Å². The summed E-state index contributed by atoms with van der Waals surface area (Å²) in [5.41, 5.74) is 8.55. The Balaban J connectivity index is 1.90. The molecule has 0 bridgehead atoms. The Labute approximate surface area is 117 Å². The number of nitrogens with two attached hydrogens (primary N) is 1. The van der Waals surface area contributed by atoms with Gasteiger partial charge < -0.3 is 5.73 Å². The summed E-state index contributed by atoms with van der Waals surface area (Å²) >= 11 is 0. The number of tetrazole rings is 1. The lowest BCUT2D eigenvalue weighted by atomic mass is 10.1. The van der Waals surface area contributed by atoms with Crippen LogP contribution in [0.5, 0.6) is 0 Å². The average molecular weight is 265 g/mol. The highest BCUT2D eigenvalue weighted by molar-refractivity contribution is 5.53. The van der Waals surface area contributed by atoms with Crippen molar-refractivity contribution in [3.63, 3.8) is 0 Å². The van der Waals surface area contributed by atoms with Gasteiger partial charge in [-0.15, -0.1) is 10.2 Å². The highest BCUT2D eigenvalue weighted by Gasteiger charge is 2.13. The maximum Gasteiger partial charge on any atom is 0.204 e. The second kappa shape index (κ2) is 5.13. The normalized spacial score (nSPS) is 12.2. The zero-order chi connectivity index (χ0) is 13.9. The van der Waals surface area contributed by atoms with Gasteiger partial charge in [-0.1, -0.05) is 42.5 Å². The molecule has 3 aromatic rings. The zero-order valence-corrected chi connectivity index (χ0v) is 11.1. The van der Waals surface area contributed by atoms with E-state index in [9.17, 15) is 0 Å². The summed E-state index contributed by atoms with van der Waals surface area (Å²) in [5, 5.41) is 12.7. The monoisotopic (exact) mass is 265 g/mol. The fourth-order valence-corrected chi connectivity index (χ4v) is 2.04. The molecular weight excluding hydrogens is 250 g/mol. The molecule has 1 heterocycles. The summed E-state index contributed by atoms with van der Waals surface area (Å²) in [6.07, 6.45) is 0. The summed E-state index contributed by atoms with van der Waals surface area (Å²) in [6, 6.07) is 17.5. The van der Waals surface area contributed by atoms with Crippen molar-refractivity contribution in [2.24, 2.45) is 0 Å². The number of hydrogen-bond donors (Lipinski definition) is 1. The molecule has 0 saturated heterocycles. The molecule has 0 amide bonds. The smallest absolute Gasteiger partial charge is 0.204 e. The SMILES string of the molecule is CC(c1cccc(N)c1)n1nnc(-c2ccccc2)n1. The molecule has 100 valence electrons. The van der Waals surface area contributed by atoms with Crippen LogP contribution in [0.4, 0.5) is 5.69 Å². The number of benzene rings is 2. The number of rotatable bonds is 3. The van der Waals surface area contributed by atoms with Crippen molar-refractivity contribution in [2.75, 3.05) is 5.73 Å². The van der Waals surface area contributed by atoms with Gasteiger partial charge >= 0.3 is 0 Å². The molecule has 0 saturated carbocycles. The van der Waals surface area contributed by atoms with Crippen LogP contribution in [0.25, 0.3) is 11.4 Å². The van der Waals surface area contributed by atoms with Crippen molar-refractivity contribution >= 4 is 5.69 Å². The van der Waals surface area contributed by atoms with Crippen molar-refractivity contribution in [3.8, 4) is 11.4 Å². The van der Waals surface area contributed by atoms with Crippen molar-refractivity contribution in [1.29, 1.82) is 0 Å². The van der Waals surface area contributed by atoms with E-state index in [0.717, 1.165) is 16.8 Å². The number of aromatic nitrogens is 4. The molecule has 2 aromatic carbocycles. The summed E-state index contributed by atoms with van der Waals surface area (Å²) < 4.78 is 0. The molecule has 0 spiro atoms. The lowest BCUT2D eigenvalue weighted by molar-refractivity contribution is 0.481. The molecular formula is C15H15N5. The topological polar surface area (TPSA) is 69.6 Å². The molecule has 0 aliphatic rings. The van der Waals surface area contributed by atoms with Gasteiger partial charge in [0.25, 0.3) is 0 Å². The largest absolute Gasteiger partial charge is 0.399 e. The van der Waals surface area contributed by atoms with Gasteiger partial charge in [-0.3, -0.25) is 0 Å². The van der Waals surface area contributed by atoms with Crippen LogP contribution in [0.1, 0.15) is 18.5 Å². The molecule has 5 heteroatoms. The molecule has 0 fully saturated rings. The highest BCUT2D eigenvalue weighted by Crippen LogP contribution is 2.19. The Bertz CT molecular complexity index is 705. The Morgan fingerprint density at radius 3 is 2.60 bits per heavy atom. The number of nitrogen functional groups attached to an aromatic ring is 1. The maximum absolute atomic E-state index is 5.81. The fraction of sp³-hybridized carbons (Fsp3) is 0.133. The second-order valence-electron chi connectivity index (χ2n) is 4.65. The standard InChI is InChI=1S/C15H15N5/c1-11(13-8-5-9-14(16)10-13)20-18-15(17-19-20)12-6-3-2-4-7-12/h2-11H,16H2,1H3. The van der Waals surface area contributed by atoms with Crippen molar-refractivity contribution < 1.29 is 0 Å². The Morgan fingerprint density at radius 2 is 1.85 bits per heavy atom. The first-order chi connectivity index (χ1) is 9.74. The van der Waals surface area contributed by atoms with Crippen LogP contribution in [0.3, 0.4) is 0 Å². The number of hydrogen-bond acceptors (Lipinski definition) is 4. The number of anilines is 1. The molecule has 0 aliphatic carbocycles. The molecule has 0 radical (unpaired) electrons. The van der Waals surface area contributed by atoms with E-state index in [1.807, 2.05) is 61.5 Å². The molecule has 1 atom stereocenters. The molecule has 3 rings (SSSR count). The van der Waals surface area contributed by atoms with Crippen LogP contribution in [0.15, 0.2) is 54.6 Å². The van der Waals surface area contributed by atoms with E-state index in [1.165, 1.54) is 0 Å². The van der Waals surface area contributed by atoms with Gasteiger partial charge in [0.2, 0.25) is 5.82 Å². The van der Waals surface area contributed by atoms with Crippen LogP contribution >= 0.6 is 0 Å². The van der Waals surface area contributed by atoms with E-state index in [1.54, 1.807) is 4.80 Å². The van der Waals surface area contributed by atoms with E-state index in [-0.39, 0.29) is 6.04 Å². The van der Waals surface area contributed by atoms with Crippen molar-refractivity contribution in [2.45, 2.75) is 13.0 Å². The van der Waals surface area contributed by atoms with Gasteiger partial charge in [-0.2, -0.15) is 4.80 Å². The van der Waals surface area contributed by atoms with Crippen LogP contribution < -0.4 is 5.73 Å². The first-order valence-corrected chi connectivity index (χ1v) is 6.44. The van der Waals surface area contributed by atoms with Gasteiger partial charge in [0.05, 0.1) is 6.04 Å². The summed E-state index contributed by atoms with van der Waals surface area (Å²) in [6.45, 7) is 2.02. The third-order valence-corrected chi connectivity index (χ3v) is 3.20. The first kappa shape index (κ1) is 12.3. The Morgan fingerprint density at radius 1 is 1.05 bits per heavy atom. The van der Waals surface area contributed by atoms with E-state index >= 15 is 0 Å². The molecule has 1 aromatic heterocycles. The van der Waals surface area contributed by atoms with Crippen LogP contribution in [0.2, 0.25) is 0 Å². The van der Waals surface area contributed by atoms with E-state index in [4.69, 9.17) is 5.73 Å². The summed E-state index contributed by atoms with van der Waals surface area (Å²) in [7, 11) is 0. The van der Waals surface area contributed by atoms with Crippen molar-refractivity contribution in [1.82, 2.24) is 20.2 Å². The van der Waals surface area contributed by atoms with E-state index in [2.05, 4.69) is 15.4 Å². The van der Waals surface area contributed by atoms with E-state index in [0.29, 0.717) is 5.82 Å². The van der Waals surface area contributed by atoms with Crippen LogP contribution in [-0.4, -0.2) is 20.2 Å². The van der Waals surface area contributed by atoms with Gasteiger partial charge in [0.15, 0.2) is 0 Å². The lowest BCUT2D eigenvalue weighted by Crippen LogP contribution is -2.10. The minimum Gasteiger partial charge on any atom is -0.399 e.